The molecule has 0 saturated heterocycles. The molecule has 0 rings (SSSR count). The van der Waals surface area contributed by atoms with Crippen LogP contribution in [0, 0.1) is 11.8 Å². The van der Waals surface area contributed by atoms with Crippen molar-refractivity contribution in [2.45, 2.75) is 83.8 Å². The summed E-state index contributed by atoms with van der Waals surface area (Å²) in [5, 5.41) is 46.0. The van der Waals surface area contributed by atoms with Gasteiger partial charge in [-0.1, -0.05) is 27.7 Å². The number of carboxylic acid groups (broad SMARTS) is 3. The molecule has 4 amide bonds. The fourth-order valence-electron chi connectivity index (χ4n) is 3.03. The first-order valence-corrected chi connectivity index (χ1v) is 11.7. The van der Waals surface area contributed by atoms with E-state index in [9.17, 15) is 43.8 Å². The molecule has 16 nitrogen and oxygen atoms in total. The summed E-state index contributed by atoms with van der Waals surface area (Å²) < 4.78 is 0. The van der Waals surface area contributed by atoms with Crippen LogP contribution in [0.4, 0.5) is 0 Å². The van der Waals surface area contributed by atoms with Crippen molar-refractivity contribution < 1.29 is 54.0 Å². The molecule has 0 aromatic rings. The Morgan fingerprint density at radius 1 is 0.605 bits per heavy atom. The maximum atomic E-state index is 12.8. The lowest BCUT2D eigenvalue weighted by Crippen LogP contribution is -2.61. The number of carbonyl (C=O) groups is 7. The van der Waals surface area contributed by atoms with Crippen LogP contribution >= 0.6 is 0 Å². The van der Waals surface area contributed by atoms with Crippen LogP contribution in [-0.4, -0.2) is 98.3 Å². The van der Waals surface area contributed by atoms with E-state index < -0.39 is 96.6 Å². The van der Waals surface area contributed by atoms with E-state index in [0.717, 1.165) is 6.92 Å². The number of hydrogen-bond acceptors (Lipinski definition) is 9. The smallest absolute Gasteiger partial charge is 0.326 e. The number of hydrogen-bond donors (Lipinski definition) is 9. The fourth-order valence-corrected chi connectivity index (χ4v) is 3.03. The molecule has 216 valence electrons. The van der Waals surface area contributed by atoms with Gasteiger partial charge in [-0.15, -0.1) is 0 Å². The minimum absolute atomic E-state index is 0.353. The summed E-state index contributed by atoms with van der Waals surface area (Å²) in [6, 6.07) is -7.79. The van der Waals surface area contributed by atoms with Crippen molar-refractivity contribution in [1.29, 1.82) is 0 Å². The second kappa shape index (κ2) is 15.5. The molecule has 0 aliphatic rings. The number of amides is 4. The van der Waals surface area contributed by atoms with E-state index in [4.69, 9.17) is 15.9 Å². The third-order valence-corrected chi connectivity index (χ3v) is 5.34. The topological polar surface area (TPSA) is 275 Å². The van der Waals surface area contributed by atoms with Gasteiger partial charge in [0.15, 0.2) is 0 Å². The predicted octanol–water partition coefficient (Wildman–Crippen LogP) is -3.02. The molecule has 0 radical (unpaired) electrons. The maximum absolute atomic E-state index is 12.8. The average molecular weight is 548 g/mol. The second-order valence-corrected chi connectivity index (χ2v) is 9.38. The van der Waals surface area contributed by atoms with Gasteiger partial charge in [0.25, 0.3) is 0 Å². The number of rotatable bonds is 16. The number of carboxylic acids is 3. The van der Waals surface area contributed by atoms with Gasteiger partial charge in [0, 0.05) is 0 Å². The van der Waals surface area contributed by atoms with E-state index in [1.807, 2.05) is 5.32 Å². The first kappa shape index (κ1) is 34.2. The van der Waals surface area contributed by atoms with Gasteiger partial charge in [0.1, 0.15) is 24.2 Å². The van der Waals surface area contributed by atoms with E-state index >= 15 is 0 Å². The highest BCUT2D eigenvalue weighted by atomic mass is 16.4. The number of nitrogens with two attached hydrogens (primary N) is 1. The molecule has 0 spiro atoms. The van der Waals surface area contributed by atoms with E-state index in [-0.39, 0.29) is 5.92 Å². The zero-order valence-electron chi connectivity index (χ0n) is 21.8. The molecule has 0 aliphatic carbocycles. The Bertz CT molecular complexity index is 906. The van der Waals surface area contributed by atoms with Gasteiger partial charge >= 0.3 is 17.9 Å². The maximum Gasteiger partial charge on any atom is 0.326 e. The Labute approximate surface area is 218 Å². The molecule has 0 unspecified atom stereocenters. The summed E-state index contributed by atoms with van der Waals surface area (Å²) in [5.74, 6) is -9.73. The van der Waals surface area contributed by atoms with E-state index in [2.05, 4.69) is 16.0 Å². The molecule has 0 bridgehead atoms. The van der Waals surface area contributed by atoms with Crippen molar-refractivity contribution >= 4 is 41.5 Å². The highest BCUT2D eigenvalue weighted by Gasteiger charge is 2.35. The third kappa shape index (κ3) is 11.5. The molecular formula is C22H37N5O11. The second-order valence-electron chi connectivity index (χ2n) is 9.38. The zero-order chi connectivity index (χ0) is 29.9. The van der Waals surface area contributed by atoms with E-state index in [1.54, 1.807) is 13.8 Å². The first-order valence-electron chi connectivity index (χ1n) is 11.7. The molecule has 10 N–H and O–H groups in total. The molecule has 0 aromatic carbocycles. The van der Waals surface area contributed by atoms with Crippen molar-refractivity contribution in [3.63, 3.8) is 0 Å². The van der Waals surface area contributed by atoms with Crippen LogP contribution in [0.3, 0.4) is 0 Å². The number of aliphatic carboxylic acids is 3. The van der Waals surface area contributed by atoms with Crippen LogP contribution in [0.25, 0.3) is 0 Å². The van der Waals surface area contributed by atoms with Gasteiger partial charge in [0.2, 0.25) is 23.6 Å². The number of nitrogens with one attached hydrogen (secondary N) is 4. The van der Waals surface area contributed by atoms with Gasteiger partial charge in [-0.05, 0) is 18.8 Å². The lowest BCUT2D eigenvalue weighted by Gasteiger charge is -2.27. The summed E-state index contributed by atoms with van der Waals surface area (Å²) in [4.78, 5) is 84.3. The van der Waals surface area contributed by atoms with Crippen molar-refractivity contribution in [2.75, 3.05) is 0 Å². The van der Waals surface area contributed by atoms with Gasteiger partial charge in [-0.2, -0.15) is 0 Å². The van der Waals surface area contributed by atoms with Crippen molar-refractivity contribution in [1.82, 2.24) is 21.3 Å². The Kier molecular flexibility index (Phi) is 13.9. The van der Waals surface area contributed by atoms with Crippen molar-refractivity contribution in [3.05, 3.63) is 0 Å². The Morgan fingerprint density at radius 2 is 1.00 bits per heavy atom. The highest BCUT2D eigenvalue weighted by Crippen LogP contribution is 2.06. The van der Waals surface area contributed by atoms with Crippen LogP contribution in [0.1, 0.15) is 47.5 Å². The summed E-state index contributed by atoms with van der Waals surface area (Å²) in [6.07, 6.45) is -3.49. The van der Waals surface area contributed by atoms with E-state index in [1.165, 1.54) is 13.8 Å². The van der Waals surface area contributed by atoms with Gasteiger partial charge in [-0.25, -0.2) is 4.79 Å². The summed E-state index contributed by atoms with van der Waals surface area (Å²) >= 11 is 0. The number of aliphatic hydroxyl groups excluding tert-OH is 1. The monoisotopic (exact) mass is 547 g/mol. The minimum Gasteiger partial charge on any atom is -0.481 e. The highest BCUT2D eigenvalue weighted by molar-refractivity contribution is 5.97. The van der Waals surface area contributed by atoms with Gasteiger partial charge in [-0.3, -0.25) is 28.8 Å². The zero-order valence-corrected chi connectivity index (χ0v) is 21.8. The summed E-state index contributed by atoms with van der Waals surface area (Å²) in [7, 11) is 0. The fraction of sp³-hybridized carbons (Fsp3) is 0.682. The Morgan fingerprint density at radius 3 is 1.32 bits per heavy atom. The molecule has 0 saturated carbocycles. The normalized spacial score (nSPS) is 15.8. The molecule has 0 aliphatic heterocycles. The van der Waals surface area contributed by atoms with Gasteiger partial charge < -0.3 is 47.4 Å². The Balaban J connectivity index is 5.80. The first-order chi connectivity index (χ1) is 17.4. The molecule has 16 heteroatoms. The molecule has 0 fully saturated rings. The third-order valence-electron chi connectivity index (χ3n) is 5.34. The van der Waals surface area contributed by atoms with Gasteiger partial charge in [0.05, 0.1) is 25.0 Å². The molecule has 0 aromatic heterocycles. The lowest BCUT2D eigenvalue weighted by molar-refractivity contribution is -0.144. The minimum atomic E-state index is -1.82. The number of carbonyl (C=O) groups excluding carboxylic acids is 4. The van der Waals surface area contributed by atoms with Crippen LogP contribution < -0.4 is 27.0 Å². The molecule has 0 heterocycles. The van der Waals surface area contributed by atoms with Crippen molar-refractivity contribution in [2.24, 2.45) is 17.6 Å². The Hall–Kier alpha value is -3.79. The largest absolute Gasteiger partial charge is 0.481 e. The molecule has 6 atom stereocenters. The molecular weight excluding hydrogens is 510 g/mol. The van der Waals surface area contributed by atoms with Crippen LogP contribution in [0.15, 0.2) is 0 Å². The lowest BCUT2D eigenvalue weighted by atomic mass is 10.0. The summed E-state index contributed by atoms with van der Waals surface area (Å²) in [6.45, 7) is 7.30. The summed E-state index contributed by atoms with van der Waals surface area (Å²) in [5.41, 5.74) is 5.71. The SMILES string of the molecule is CC(C)[C@H](N)C(=O)N[C@@H](CC(=O)O)C(=O)N[C@H](C(=O)N[C@@H](CC(=O)O)C(=O)N[C@H](C(=O)O)C(C)C)[C@@H](C)O. The van der Waals surface area contributed by atoms with Crippen LogP contribution in [0.5, 0.6) is 0 Å². The standard InChI is InChI=1S/C22H37N5O11/c1-8(2)15(23)20(35)24-11(6-13(29)30)19(34)27-17(10(5)28)21(36)25-12(7-14(31)32)18(33)26-16(9(3)4)22(37)38/h8-12,15-17,28H,6-7,23H2,1-5H3,(H,24,35)(H,25,36)(H,26,33)(H,27,34)(H,29,30)(H,31,32)(H,37,38)/t10-,11+,12+,15+,16+,17+/m1/s1. The van der Waals surface area contributed by atoms with Crippen LogP contribution in [0.2, 0.25) is 0 Å². The van der Waals surface area contributed by atoms with E-state index in [0.29, 0.717) is 0 Å². The average Bonchev–Trinajstić information content (AvgIpc) is 2.77. The van der Waals surface area contributed by atoms with Crippen LogP contribution in [-0.2, 0) is 33.6 Å². The quantitative estimate of drug-likeness (QED) is 0.0934. The number of aliphatic hydroxyl groups is 1. The van der Waals surface area contributed by atoms with Crippen molar-refractivity contribution in [3.8, 4) is 0 Å². The predicted molar refractivity (Wildman–Crippen MR) is 129 cm³/mol. The molecule has 38 heavy (non-hydrogen) atoms.